The Morgan fingerprint density at radius 1 is 0.759 bits per heavy atom. The van der Waals surface area contributed by atoms with Gasteiger partial charge in [0.2, 0.25) is 41.4 Å². The van der Waals surface area contributed by atoms with E-state index >= 15 is 0 Å². The zero-order valence-corrected chi connectivity index (χ0v) is 50.7. The van der Waals surface area contributed by atoms with Gasteiger partial charge in [0, 0.05) is 89.4 Å². The Hall–Kier alpha value is -6.97. The van der Waals surface area contributed by atoms with Crippen LogP contribution in [0.3, 0.4) is 0 Å². The lowest BCUT2D eigenvalue weighted by molar-refractivity contribution is -0.148. The number of aromatic amines is 1. The van der Waals surface area contributed by atoms with Crippen LogP contribution in [0, 0.1) is 23.7 Å². The smallest absolute Gasteiger partial charge is 0.253 e. The highest BCUT2D eigenvalue weighted by Crippen LogP contribution is 2.30. The van der Waals surface area contributed by atoms with E-state index in [0.29, 0.717) is 58.0 Å². The third kappa shape index (κ3) is 18.8. The molecule has 2 aliphatic heterocycles. The molecule has 9 unspecified atom stereocenters. The second-order valence-electron chi connectivity index (χ2n) is 23.0. The largest absolute Gasteiger partial charge is 0.379 e. The number of benzene rings is 2. The molecule has 0 bridgehead atoms. The monoisotopic (exact) mass is 1150 g/mol. The number of nitrogens with zero attached hydrogens (tertiary/aromatic N) is 4. The highest BCUT2D eigenvalue weighted by atomic mass is 16.5. The average Bonchev–Trinajstić information content (AvgIpc) is 4.21. The number of rotatable bonds is 33. The van der Waals surface area contributed by atoms with Gasteiger partial charge in [-0.2, -0.15) is 0 Å². The van der Waals surface area contributed by atoms with Crippen molar-refractivity contribution in [3.05, 3.63) is 84.1 Å². The molecule has 3 aromatic rings. The Bertz CT molecular complexity index is 2680. The van der Waals surface area contributed by atoms with Crippen LogP contribution in [0.4, 0.5) is 0 Å². The lowest BCUT2D eigenvalue weighted by Crippen LogP contribution is -2.60. The maximum absolute atomic E-state index is 14.8. The molecule has 0 aliphatic carbocycles. The number of carbonyl (C=O) groups is 9. The van der Waals surface area contributed by atoms with Crippen LogP contribution >= 0.6 is 0 Å². The summed E-state index contributed by atoms with van der Waals surface area (Å²) in [5, 5.41) is 10.1. The topological polar surface area (TPSA) is 261 Å². The summed E-state index contributed by atoms with van der Waals surface area (Å²) >= 11 is 0. The van der Waals surface area contributed by atoms with Gasteiger partial charge in [-0.15, -0.1) is 0 Å². The molecule has 21 heteroatoms. The van der Waals surface area contributed by atoms with Crippen LogP contribution in [-0.4, -0.2) is 168 Å². The summed E-state index contributed by atoms with van der Waals surface area (Å²) in [5.41, 5.74) is 7.59. The van der Waals surface area contributed by atoms with Gasteiger partial charge in [-0.1, -0.05) is 110 Å². The maximum atomic E-state index is 14.8. The molecule has 21 nitrogen and oxygen atoms in total. The van der Waals surface area contributed by atoms with Crippen molar-refractivity contribution in [3.63, 3.8) is 0 Å². The van der Waals surface area contributed by atoms with Crippen LogP contribution in [-0.2, 0) is 65.6 Å². The highest BCUT2D eigenvalue weighted by molar-refractivity contribution is 6.12. The van der Waals surface area contributed by atoms with E-state index in [1.807, 2.05) is 107 Å². The fourth-order valence-corrected chi connectivity index (χ4v) is 11.5. The van der Waals surface area contributed by atoms with Gasteiger partial charge in [0.15, 0.2) is 0 Å². The van der Waals surface area contributed by atoms with Crippen LogP contribution in [0.15, 0.2) is 72.9 Å². The van der Waals surface area contributed by atoms with Gasteiger partial charge >= 0.3 is 0 Å². The Kier molecular flexibility index (Phi) is 26.4. The molecule has 6 N–H and O–H groups in total. The van der Waals surface area contributed by atoms with Crippen LogP contribution in [0.25, 0.3) is 10.9 Å². The molecule has 0 radical (unpaired) electrons. The standard InChI is InChI=1S/C62H92N10O11/c1-12-41(6)57(70(9)62(81)55(39(2)3)66-61(80)56(40(4)5)69(8)32-22-29-51(74)68-67-50(73)28-17-14-20-33-72-52(75)30-31-53(72)76)49(82-10)36-54(77)71-34-21-27-48(71)58(83-11)42(7)59(78)65-47(60(79)64-37-43-23-15-13-16-24-43)35-44-38-63-46-26-19-18-25-45(44)46/h13,15-16,18-19,23-26,30-31,38-42,47-49,55-58,63H,12,14,17,20-22,27-29,32-37H2,1-11H3,(H,64,79)(H,65,78)(H,66,80)(H,67,73)(H,68,74). The molecule has 9 atom stereocenters. The zero-order valence-electron chi connectivity index (χ0n) is 50.7. The van der Waals surface area contributed by atoms with Gasteiger partial charge in [-0.05, 0) is 80.6 Å². The highest BCUT2D eigenvalue weighted by Gasteiger charge is 2.44. The van der Waals surface area contributed by atoms with E-state index in [1.54, 1.807) is 30.8 Å². The normalized spacial score (nSPS) is 17.3. The summed E-state index contributed by atoms with van der Waals surface area (Å²) in [7, 11) is 6.54. The molecular weight excluding hydrogens is 1060 g/mol. The van der Waals surface area contributed by atoms with Crippen molar-refractivity contribution in [2.45, 2.75) is 168 Å². The summed E-state index contributed by atoms with van der Waals surface area (Å²) < 4.78 is 12.2. The van der Waals surface area contributed by atoms with E-state index in [2.05, 4.69) is 31.8 Å². The summed E-state index contributed by atoms with van der Waals surface area (Å²) in [6, 6.07) is 13.8. The average molecular weight is 1150 g/mol. The number of hydrogen-bond donors (Lipinski definition) is 6. The fourth-order valence-electron chi connectivity index (χ4n) is 11.5. The van der Waals surface area contributed by atoms with Gasteiger partial charge in [0.1, 0.15) is 12.1 Å². The molecule has 1 saturated heterocycles. The number of fused-ring (bicyclic) bond motifs is 1. The number of unbranched alkanes of at least 4 members (excludes halogenated alkanes) is 2. The molecule has 2 aromatic carbocycles. The quantitative estimate of drug-likeness (QED) is 0.0269. The minimum absolute atomic E-state index is 0.0681. The van der Waals surface area contributed by atoms with Gasteiger partial charge in [0.25, 0.3) is 11.8 Å². The maximum Gasteiger partial charge on any atom is 0.253 e. The first-order chi connectivity index (χ1) is 39.6. The lowest BCUT2D eigenvalue weighted by atomic mass is 9.89. The van der Waals surface area contributed by atoms with E-state index in [-0.39, 0.29) is 104 Å². The number of imide groups is 1. The SMILES string of the molecule is CCC(C)C(C(CC(=O)N1CCCC1C(OC)C(C)C(=O)NC(Cc1c[nH]c2ccccc12)C(=O)NCc1ccccc1)OC)N(C)C(=O)C(NC(=O)C(C(C)C)N(C)CCCC(=O)NNC(=O)CCCCCN1C(=O)C=CC1=O)C(C)C. The molecule has 9 amide bonds. The number of carbonyl (C=O) groups excluding carboxylic acids is 9. The Morgan fingerprint density at radius 2 is 1.41 bits per heavy atom. The number of amides is 9. The van der Waals surface area contributed by atoms with Crippen LogP contribution in [0.5, 0.6) is 0 Å². The van der Waals surface area contributed by atoms with Crippen molar-refractivity contribution in [1.29, 1.82) is 0 Å². The van der Waals surface area contributed by atoms with E-state index in [1.165, 1.54) is 26.4 Å². The van der Waals surface area contributed by atoms with Crippen molar-refractivity contribution < 1.29 is 52.6 Å². The molecule has 456 valence electrons. The molecule has 2 aliphatic rings. The minimum Gasteiger partial charge on any atom is -0.379 e. The first-order valence-electron chi connectivity index (χ1n) is 29.5. The third-order valence-electron chi connectivity index (χ3n) is 16.3. The van der Waals surface area contributed by atoms with Crippen LogP contribution in [0.2, 0.25) is 0 Å². The molecule has 1 fully saturated rings. The second kappa shape index (κ2) is 32.8. The van der Waals surface area contributed by atoms with Gasteiger partial charge in [-0.25, -0.2) is 0 Å². The molecule has 0 spiro atoms. The first-order valence-corrected chi connectivity index (χ1v) is 29.5. The first kappa shape index (κ1) is 66.8. The Morgan fingerprint density at radius 3 is 2.04 bits per heavy atom. The predicted octanol–water partition coefficient (Wildman–Crippen LogP) is 4.94. The number of hydrazine groups is 1. The van der Waals surface area contributed by atoms with E-state index in [9.17, 15) is 43.2 Å². The molecule has 5 rings (SSSR count). The molecule has 83 heavy (non-hydrogen) atoms. The molecular formula is C62H92N10O11. The van der Waals surface area contributed by atoms with Gasteiger partial charge in [-0.3, -0.25) is 63.8 Å². The van der Waals surface area contributed by atoms with Gasteiger partial charge < -0.3 is 40.2 Å². The molecule has 3 heterocycles. The summed E-state index contributed by atoms with van der Waals surface area (Å²) in [6.07, 6.45) is 7.26. The van der Waals surface area contributed by atoms with E-state index < -0.39 is 54.2 Å². The summed E-state index contributed by atoms with van der Waals surface area (Å²) in [5.74, 6) is -4.45. The number of likely N-dealkylation sites (tertiary alicyclic amines) is 1. The van der Waals surface area contributed by atoms with Crippen molar-refractivity contribution in [2.75, 3.05) is 47.9 Å². The number of aromatic nitrogens is 1. The number of para-hydroxylation sites is 1. The summed E-state index contributed by atoms with van der Waals surface area (Å²) in [4.78, 5) is 130. The third-order valence-corrected chi connectivity index (χ3v) is 16.3. The molecule has 1 aromatic heterocycles. The number of methoxy groups -OCH3 is 2. The van der Waals surface area contributed by atoms with Crippen LogP contribution in [0.1, 0.15) is 124 Å². The molecule has 0 saturated carbocycles. The fraction of sp³-hybridized carbons (Fsp3) is 0.597. The van der Waals surface area contributed by atoms with E-state index in [4.69, 9.17) is 9.47 Å². The minimum atomic E-state index is -0.929. The number of nitrogens with one attached hydrogen (secondary N) is 6. The van der Waals surface area contributed by atoms with Crippen molar-refractivity contribution >= 4 is 64.1 Å². The van der Waals surface area contributed by atoms with E-state index in [0.717, 1.165) is 26.9 Å². The number of hydrogen-bond acceptors (Lipinski definition) is 12. The lowest BCUT2D eigenvalue weighted by Gasteiger charge is -2.41. The zero-order chi connectivity index (χ0) is 60.9. The summed E-state index contributed by atoms with van der Waals surface area (Å²) in [6.45, 7) is 14.7. The second-order valence-corrected chi connectivity index (χ2v) is 23.0. The number of H-pyrrole nitrogens is 1. The number of likely N-dealkylation sites (N-methyl/N-ethyl adjacent to an activating group) is 2. The predicted molar refractivity (Wildman–Crippen MR) is 316 cm³/mol. The van der Waals surface area contributed by atoms with Gasteiger partial charge in [0.05, 0.1) is 42.7 Å². The van der Waals surface area contributed by atoms with Crippen molar-refractivity contribution in [2.24, 2.45) is 23.7 Å². The Labute approximate surface area is 490 Å². The van der Waals surface area contributed by atoms with Crippen molar-refractivity contribution in [3.8, 4) is 0 Å². The Balaban J connectivity index is 1.17. The number of ether oxygens (including phenoxy) is 2. The van der Waals surface area contributed by atoms with Crippen LogP contribution < -0.4 is 26.8 Å². The van der Waals surface area contributed by atoms with Crippen molar-refractivity contribution in [1.82, 2.24) is 51.4 Å².